The molecule has 0 saturated heterocycles. The van der Waals surface area contributed by atoms with E-state index in [0.29, 0.717) is 30.2 Å². The number of primary sulfonamides is 1. The fourth-order valence-corrected chi connectivity index (χ4v) is 5.64. The van der Waals surface area contributed by atoms with Crippen molar-refractivity contribution in [2.45, 2.75) is 30.2 Å². The number of rotatable bonds is 6. The molecule has 3 aliphatic rings. The van der Waals surface area contributed by atoms with Gasteiger partial charge in [0.25, 0.3) is 0 Å². The van der Waals surface area contributed by atoms with Gasteiger partial charge in [0.2, 0.25) is 15.9 Å². The monoisotopic (exact) mass is 466 g/mol. The van der Waals surface area contributed by atoms with E-state index in [-0.39, 0.29) is 34.6 Å². The molecule has 172 valence electrons. The second-order valence-corrected chi connectivity index (χ2v) is 10.6. The number of hydrogen-bond donors (Lipinski definition) is 2. The Balaban J connectivity index is 1.46. The van der Waals surface area contributed by atoms with Crippen molar-refractivity contribution < 1.29 is 13.2 Å². The number of anilines is 1. The van der Waals surface area contributed by atoms with Gasteiger partial charge in [-0.2, -0.15) is 0 Å². The van der Waals surface area contributed by atoms with Crippen molar-refractivity contribution in [3.63, 3.8) is 0 Å². The van der Waals surface area contributed by atoms with E-state index in [2.05, 4.69) is 27.4 Å². The molecule has 1 aromatic heterocycles. The topological polar surface area (TPSA) is 131 Å². The van der Waals surface area contributed by atoms with Gasteiger partial charge in [0.15, 0.2) is 5.82 Å². The molecule has 1 saturated carbocycles. The molecule has 2 bridgehead atoms. The summed E-state index contributed by atoms with van der Waals surface area (Å²) in [6.07, 6.45) is 8.05. The molecule has 1 aliphatic heterocycles. The van der Waals surface area contributed by atoms with Crippen LogP contribution in [0.2, 0.25) is 0 Å². The number of allylic oxidation sites excluding steroid dienone is 1. The maximum atomic E-state index is 12.9. The lowest BCUT2D eigenvalue weighted by molar-refractivity contribution is -0.133. The van der Waals surface area contributed by atoms with Crippen LogP contribution in [0.3, 0.4) is 0 Å². The second-order valence-electron chi connectivity index (χ2n) is 9.05. The van der Waals surface area contributed by atoms with Crippen molar-refractivity contribution in [2.75, 3.05) is 19.4 Å². The lowest BCUT2D eigenvalue weighted by Gasteiger charge is -2.30. The zero-order chi connectivity index (χ0) is 23.3. The molecule has 9 nitrogen and oxygen atoms in total. The van der Waals surface area contributed by atoms with E-state index in [1.807, 2.05) is 6.07 Å². The van der Waals surface area contributed by atoms with Gasteiger partial charge in [-0.25, -0.2) is 23.5 Å². The third kappa shape index (κ3) is 4.04. The molecule has 2 aromatic rings. The number of fused-ring (bicyclic) bond motifs is 3. The van der Waals surface area contributed by atoms with Crippen LogP contribution in [0.5, 0.6) is 0 Å². The summed E-state index contributed by atoms with van der Waals surface area (Å²) >= 11 is 0. The minimum absolute atomic E-state index is 0.0571. The SMILES string of the molecule is CN(C)C(=O)C1C2C=CC(C2)C1Nc1nc(Cc2cccc(S(N)(=O)=O)c2)nc2c1N=CC2. The van der Waals surface area contributed by atoms with Gasteiger partial charge in [0, 0.05) is 39.2 Å². The number of aliphatic imine (C=N–C) groups is 1. The van der Waals surface area contributed by atoms with Crippen LogP contribution in [0.25, 0.3) is 0 Å². The van der Waals surface area contributed by atoms with E-state index in [4.69, 9.17) is 10.1 Å². The highest BCUT2D eigenvalue weighted by Gasteiger charge is 2.49. The van der Waals surface area contributed by atoms with Gasteiger partial charge in [0.1, 0.15) is 11.5 Å². The Bertz CT molecular complexity index is 1290. The molecule has 10 heteroatoms. The smallest absolute Gasteiger partial charge is 0.238 e. The number of benzene rings is 1. The van der Waals surface area contributed by atoms with E-state index in [1.165, 1.54) is 6.07 Å². The Labute approximate surface area is 192 Å². The number of carbonyl (C=O) groups is 1. The fourth-order valence-electron chi connectivity index (χ4n) is 5.06. The second kappa shape index (κ2) is 8.03. The number of amides is 1. The van der Waals surface area contributed by atoms with Gasteiger partial charge in [-0.1, -0.05) is 24.3 Å². The summed E-state index contributed by atoms with van der Waals surface area (Å²) in [5, 5.41) is 8.82. The van der Waals surface area contributed by atoms with E-state index in [0.717, 1.165) is 17.7 Å². The van der Waals surface area contributed by atoms with Crippen LogP contribution in [0.15, 0.2) is 46.3 Å². The van der Waals surface area contributed by atoms with Crippen LogP contribution in [-0.4, -0.2) is 55.5 Å². The number of nitrogens with zero attached hydrogens (tertiary/aromatic N) is 4. The Morgan fingerprint density at radius 2 is 2.00 bits per heavy atom. The van der Waals surface area contributed by atoms with Crippen LogP contribution in [0, 0.1) is 17.8 Å². The molecule has 1 amide bonds. The average Bonchev–Trinajstić information content (AvgIpc) is 3.49. The maximum Gasteiger partial charge on any atom is 0.238 e. The van der Waals surface area contributed by atoms with E-state index >= 15 is 0 Å². The van der Waals surface area contributed by atoms with E-state index in [1.54, 1.807) is 37.3 Å². The first-order chi connectivity index (χ1) is 15.7. The summed E-state index contributed by atoms with van der Waals surface area (Å²) in [4.78, 5) is 28.5. The number of hydrogen-bond acceptors (Lipinski definition) is 7. The predicted octanol–water partition coefficient (Wildman–Crippen LogP) is 1.66. The molecule has 1 aromatic carbocycles. The normalized spacial score (nSPS) is 24.8. The lowest BCUT2D eigenvalue weighted by Crippen LogP contribution is -2.43. The average molecular weight is 467 g/mol. The summed E-state index contributed by atoms with van der Waals surface area (Å²) in [6.45, 7) is 0. The van der Waals surface area contributed by atoms with Crippen LogP contribution in [0.1, 0.15) is 23.5 Å². The van der Waals surface area contributed by atoms with E-state index in [9.17, 15) is 13.2 Å². The third-order valence-electron chi connectivity index (χ3n) is 6.59. The van der Waals surface area contributed by atoms with Crippen LogP contribution >= 0.6 is 0 Å². The minimum atomic E-state index is -3.79. The van der Waals surface area contributed by atoms with Gasteiger partial charge >= 0.3 is 0 Å². The molecule has 1 fully saturated rings. The number of carbonyl (C=O) groups excluding carboxylic acids is 1. The summed E-state index contributed by atoms with van der Waals surface area (Å²) in [5.74, 6) is 1.62. The first-order valence-electron chi connectivity index (χ1n) is 10.9. The molecular weight excluding hydrogens is 440 g/mol. The van der Waals surface area contributed by atoms with Crippen LogP contribution in [-0.2, 0) is 27.7 Å². The van der Waals surface area contributed by atoms with Crippen molar-refractivity contribution in [3.8, 4) is 0 Å². The quantitative estimate of drug-likeness (QED) is 0.623. The van der Waals surface area contributed by atoms with Crippen molar-refractivity contribution in [3.05, 3.63) is 53.5 Å². The number of sulfonamides is 1. The van der Waals surface area contributed by atoms with Crippen molar-refractivity contribution in [1.29, 1.82) is 0 Å². The number of nitrogens with one attached hydrogen (secondary N) is 1. The molecule has 4 atom stereocenters. The van der Waals surface area contributed by atoms with Crippen molar-refractivity contribution in [2.24, 2.45) is 27.9 Å². The third-order valence-corrected chi connectivity index (χ3v) is 7.50. The van der Waals surface area contributed by atoms with Crippen LogP contribution < -0.4 is 10.5 Å². The van der Waals surface area contributed by atoms with Crippen molar-refractivity contribution in [1.82, 2.24) is 14.9 Å². The predicted molar refractivity (Wildman–Crippen MR) is 125 cm³/mol. The Morgan fingerprint density at radius 3 is 2.76 bits per heavy atom. The van der Waals surface area contributed by atoms with Gasteiger partial charge in [0.05, 0.1) is 16.5 Å². The molecule has 2 aliphatic carbocycles. The highest BCUT2D eigenvalue weighted by molar-refractivity contribution is 7.89. The number of aromatic nitrogens is 2. The zero-order valence-electron chi connectivity index (χ0n) is 18.5. The molecule has 5 rings (SSSR count). The molecule has 4 unspecified atom stereocenters. The largest absolute Gasteiger partial charge is 0.364 e. The summed E-state index contributed by atoms with van der Waals surface area (Å²) in [6, 6.07) is 6.42. The highest BCUT2D eigenvalue weighted by Crippen LogP contribution is 2.46. The Morgan fingerprint density at radius 1 is 1.21 bits per heavy atom. The standard InChI is InChI=1S/C23H26N6O3S/c1-29(2)23(30)19-14-6-7-15(12-14)20(19)28-22-21-17(8-9-25-21)26-18(27-22)11-13-4-3-5-16(10-13)33(24,31)32/h3-7,9-10,14-15,19-20H,8,11-12H2,1-2H3,(H2,24,31,32)(H,26,27,28). The van der Waals surface area contributed by atoms with Gasteiger partial charge in [-0.3, -0.25) is 9.79 Å². The zero-order valence-corrected chi connectivity index (χ0v) is 19.3. The fraction of sp³-hybridized carbons (Fsp3) is 0.391. The summed E-state index contributed by atoms with van der Waals surface area (Å²) in [5.41, 5.74) is 2.27. The van der Waals surface area contributed by atoms with Crippen LogP contribution in [0.4, 0.5) is 11.5 Å². The Kier molecular flexibility index (Phi) is 5.29. The number of nitrogens with two attached hydrogens (primary N) is 1. The van der Waals surface area contributed by atoms with Crippen molar-refractivity contribution >= 4 is 33.7 Å². The lowest BCUT2D eigenvalue weighted by atomic mass is 9.87. The molecule has 3 N–H and O–H groups in total. The summed E-state index contributed by atoms with van der Waals surface area (Å²) < 4.78 is 23.4. The first kappa shape index (κ1) is 21.7. The maximum absolute atomic E-state index is 12.9. The van der Waals surface area contributed by atoms with E-state index < -0.39 is 10.0 Å². The van der Waals surface area contributed by atoms with Gasteiger partial charge in [-0.05, 0) is 36.0 Å². The first-order valence-corrected chi connectivity index (χ1v) is 12.5. The summed E-state index contributed by atoms with van der Waals surface area (Å²) in [7, 11) is -0.218. The van der Waals surface area contributed by atoms with Gasteiger partial charge in [-0.15, -0.1) is 0 Å². The highest BCUT2D eigenvalue weighted by atomic mass is 32.2. The van der Waals surface area contributed by atoms with Gasteiger partial charge < -0.3 is 10.2 Å². The molecule has 33 heavy (non-hydrogen) atoms. The minimum Gasteiger partial charge on any atom is -0.364 e. The molecule has 0 radical (unpaired) electrons. The Hall–Kier alpha value is -3.11. The molecular formula is C23H26N6O3S. The molecule has 0 spiro atoms. The molecule has 2 heterocycles.